The van der Waals surface area contributed by atoms with Crippen LogP contribution < -0.4 is 4.90 Å². The van der Waals surface area contributed by atoms with Gasteiger partial charge >= 0.3 is 0 Å². The SMILES string of the molecule is CC[C@@H](Sc1nnnn1-c1ccccc1)C(=O)N1c2ccccc2Sc2ccccc21. The highest BCUT2D eigenvalue weighted by molar-refractivity contribution is 8.00. The standard InChI is InChI=1S/C23H19N5OS2/c1-2-19(31-23-24-25-26-28(23)16-10-4-3-5-11-16)22(29)27-17-12-6-8-14-20(17)30-21-15-9-7-13-18(21)27/h3-15,19H,2H2,1H3/t19-/m1/s1. The van der Waals surface area contributed by atoms with E-state index in [0.29, 0.717) is 11.6 Å². The molecule has 1 aliphatic heterocycles. The first-order valence-corrected chi connectivity index (χ1v) is 11.7. The molecule has 5 rings (SSSR count). The Bertz CT molecular complexity index is 1180. The Morgan fingerprint density at radius 3 is 2.19 bits per heavy atom. The molecule has 31 heavy (non-hydrogen) atoms. The Hall–Kier alpha value is -3.10. The molecule has 2 heterocycles. The van der Waals surface area contributed by atoms with Crippen LogP contribution in [0.2, 0.25) is 0 Å². The van der Waals surface area contributed by atoms with E-state index in [1.54, 1.807) is 16.4 Å². The van der Waals surface area contributed by atoms with E-state index >= 15 is 0 Å². The third-order valence-corrected chi connectivity index (χ3v) is 7.40. The van der Waals surface area contributed by atoms with Gasteiger partial charge in [-0.05, 0) is 53.2 Å². The fourth-order valence-corrected chi connectivity index (χ4v) is 5.52. The Labute approximate surface area is 188 Å². The minimum atomic E-state index is -0.335. The summed E-state index contributed by atoms with van der Waals surface area (Å²) in [6.45, 7) is 2.02. The molecule has 6 nitrogen and oxygen atoms in total. The van der Waals surface area contributed by atoms with E-state index in [9.17, 15) is 4.79 Å². The van der Waals surface area contributed by atoms with Gasteiger partial charge in [0.15, 0.2) is 0 Å². The van der Waals surface area contributed by atoms with E-state index in [0.717, 1.165) is 26.9 Å². The molecule has 0 radical (unpaired) electrons. The van der Waals surface area contributed by atoms with Crippen molar-refractivity contribution in [3.05, 3.63) is 78.9 Å². The molecule has 1 atom stereocenters. The number of hydrogen-bond donors (Lipinski definition) is 0. The molecule has 3 aromatic carbocycles. The Balaban J connectivity index is 1.50. The maximum Gasteiger partial charge on any atom is 0.245 e. The summed E-state index contributed by atoms with van der Waals surface area (Å²) in [5, 5.41) is 12.4. The van der Waals surface area contributed by atoms with Gasteiger partial charge in [-0.2, -0.15) is 4.68 Å². The zero-order valence-electron chi connectivity index (χ0n) is 16.8. The van der Waals surface area contributed by atoms with Crippen LogP contribution in [0.4, 0.5) is 11.4 Å². The van der Waals surface area contributed by atoms with Gasteiger partial charge in [-0.25, -0.2) is 0 Å². The quantitative estimate of drug-likeness (QED) is 0.385. The van der Waals surface area contributed by atoms with Gasteiger partial charge in [0.25, 0.3) is 0 Å². The van der Waals surface area contributed by atoms with Gasteiger partial charge in [0.2, 0.25) is 11.1 Å². The van der Waals surface area contributed by atoms with Crippen molar-refractivity contribution in [2.75, 3.05) is 4.90 Å². The van der Waals surface area contributed by atoms with Crippen LogP contribution in [-0.4, -0.2) is 31.4 Å². The van der Waals surface area contributed by atoms with Crippen molar-refractivity contribution in [3.63, 3.8) is 0 Å². The van der Waals surface area contributed by atoms with E-state index in [4.69, 9.17) is 0 Å². The van der Waals surface area contributed by atoms with Gasteiger partial charge in [0.1, 0.15) is 0 Å². The second-order valence-corrected chi connectivity index (χ2v) is 9.19. The highest BCUT2D eigenvalue weighted by Gasteiger charge is 2.33. The molecule has 0 N–H and O–H groups in total. The van der Waals surface area contributed by atoms with Crippen LogP contribution in [0, 0.1) is 0 Å². The van der Waals surface area contributed by atoms with Crippen LogP contribution in [0.1, 0.15) is 13.3 Å². The van der Waals surface area contributed by atoms with Gasteiger partial charge in [0, 0.05) is 9.79 Å². The van der Waals surface area contributed by atoms with Gasteiger partial charge in [-0.3, -0.25) is 9.69 Å². The number of thioether (sulfide) groups is 1. The van der Waals surface area contributed by atoms with E-state index in [-0.39, 0.29) is 11.2 Å². The molecule has 0 aliphatic carbocycles. The zero-order chi connectivity index (χ0) is 21.2. The first kappa shape index (κ1) is 19.8. The topological polar surface area (TPSA) is 63.9 Å². The highest BCUT2D eigenvalue weighted by atomic mass is 32.2. The summed E-state index contributed by atoms with van der Waals surface area (Å²) in [5.41, 5.74) is 2.69. The molecule has 0 fully saturated rings. The molecule has 1 aromatic heterocycles. The smallest absolute Gasteiger partial charge is 0.245 e. The predicted octanol–water partition coefficient (Wildman–Crippen LogP) is 5.36. The van der Waals surface area contributed by atoms with Crippen molar-refractivity contribution in [2.24, 2.45) is 0 Å². The Kier molecular flexibility index (Phi) is 5.48. The number of hydrogen-bond acceptors (Lipinski definition) is 6. The zero-order valence-corrected chi connectivity index (χ0v) is 18.4. The predicted molar refractivity (Wildman–Crippen MR) is 123 cm³/mol. The molecule has 0 saturated heterocycles. The summed E-state index contributed by atoms with van der Waals surface area (Å²) < 4.78 is 1.68. The number of carbonyl (C=O) groups excluding carboxylic acids is 1. The number of nitrogens with zero attached hydrogens (tertiary/aromatic N) is 5. The number of fused-ring (bicyclic) bond motifs is 2. The number of benzene rings is 3. The van der Waals surface area contributed by atoms with Crippen LogP contribution in [0.25, 0.3) is 5.69 Å². The number of aromatic nitrogens is 4. The number of anilines is 2. The van der Waals surface area contributed by atoms with Crippen LogP contribution in [-0.2, 0) is 4.79 Å². The van der Waals surface area contributed by atoms with Gasteiger partial charge in [0.05, 0.1) is 22.3 Å². The third-order valence-electron chi connectivity index (χ3n) is 4.99. The molecular weight excluding hydrogens is 426 g/mol. The lowest BCUT2D eigenvalue weighted by atomic mass is 10.2. The van der Waals surface area contributed by atoms with Crippen molar-refractivity contribution in [3.8, 4) is 5.69 Å². The van der Waals surface area contributed by atoms with Crippen LogP contribution in [0.3, 0.4) is 0 Å². The van der Waals surface area contributed by atoms with Gasteiger partial charge in [-0.15, -0.1) is 5.10 Å². The van der Waals surface area contributed by atoms with Crippen LogP contribution in [0.5, 0.6) is 0 Å². The molecule has 0 unspecified atom stereocenters. The second-order valence-electron chi connectivity index (χ2n) is 6.93. The summed E-state index contributed by atoms with van der Waals surface area (Å²) in [6.07, 6.45) is 0.652. The maximum atomic E-state index is 13.8. The van der Waals surface area contributed by atoms with Crippen molar-refractivity contribution in [1.82, 2.24) is 20.2 Å². The lowest BCUT2D eigenvalue weighted by Crippen LogP contribution is -2.35. The molecule has 154 valence electrons. The van der Waals surface area contributed by atoms with E-state index in [2.05, 4.69) is 27.7 Å². The van der Waals surface area contributed by atoms with Crippen molar-refractivity contribution in [2.45, 2.75) is 33.5 Å². The number of rotatable bonds is 5. The third kappa shape index (κ3) is 3.73. The van der Waals surface area contributed by atoms with E-state index in [1.807, 2.05) is 78.6 Å². The first-order valence-electron chi connectivity index (χ1n) is 9.96. The summed E-state index contributed by atoms with van der Waals surface area (Å²) >= 11 is 3.09. The molecule has 0 spiro atoms. The highest BCUT2D eigenvalue weighted by Crippen LogP contribution is 2.48. The average Bonchev–Trinajstić information content (AvgIpc) is 3.29. The van der Waals surface area contributed by atoms with Crippen LogP contribution in [0.15, 0.2) is 93.8 Å². The monoisotopic (exact) mass is 445 g/mol. The van der Waals surface area contributed by atoms with Crippen molar-refractivity contribution >= 4 is 40.8 Å². The molecule has 0 saturated carbocycles. The maximum absolute atomic E-state index is 13.8. The molecule has 0 bridgehead atoms. The van der Waals surface area contributed by atoms with E-state index < -0.39 is 0 Å². The van der Waals surface area contributed by atoms with Crippen molar-refractivity contribution < 1.29 is 4.79 Å². The Morgan fingerprint density at radius 2 is 1.55 bits per heavy atom. The minimum Gasteiger partial charge on any atom is -0.278 e. The second kappa shape index (κ2) is 8.56. The molecular formula is C23H19N5OS2. The van der Waals surface area contributed by atoms with Crippen molar-refractivity contribution in [1.29, 1.82) is 0 Å². The lowest BCUT2D eigenvalue weighted by Gasteiger charge is -2.33. The van der Waals surface area contributed by atoms with Gasteiger partial charge < -0.3 is 0 Å². The summed E-state index contributed by atoms with van der Waals surface area (Å²) in [4.78, 5) is 17.8. The first-order chi connectivity index (χ1) is 15.3. The average molecular weight is 446 g/mol. The molecule has 1 aliphatic rings. The summed E-state index contributed by atoms with van der Waals surface area (Å²) in [6, 6.07) is 25.8. The lowest BCUT2D eigenvalue weighted by molar-refractivity contribution is -0.117. The van der Waals surface area contributed by atoms with E-state index in [1.165, 1.54) is 11.8 Å². The largest absolute Gasteiger partial charge is 0.278 e. The van der Waals surface area contributed by atoms with Gasteiger partial charge in [-0.1, -0.05) is 72.9 Å². The number of tetrazole rings is 1. The molecule has 4 aromatic rings. The number of para-hydroxylation sites is 3. The fourth-order valence-electron chi connectivity index (χ4n) is 3.51. The minimum absolute atomic E-state index is 0.0234. The Morgan fingerprint density at radius 1 is 0.935 bits per heavy atom. The summed E-state index contributed by atoms with van der Waals surface area (Å²) in [5.74, 6) is 0.0234. The number of amides is 1. The number of carbonyl (C=O) groups is 1. The van der Waals surface area contributed by atoms with Crippen LogP contribution >= 0.6 is 23.5 Å². The molecule has 1 amide bonds. The molecule has 8 heteroatoms. The fraction of sp³-hybridized carbons (Fsp3) is 0.130. The normalized spacial score (nSPS) is 13.4. The summed E-state index contributed by atoms with van der Waals surface area (Å²) in [7, 11) is 0.